The fourth-order valence-electron chi connectivity index (χ4n) is 3.41. The van der Waals surface area contributed by atoms with Crippen molar-refractivity contribution < 1.29 is 4.48 Å². The lowest BCUT2D eigenvalue weighted by atomic mass is 9.26. The molecule has 0 saturated heterocycles. The van der Waals surface area contributed by atoms with Crippen LogP contribution in [0.4, 0.5) is 0 Å². The third kappa shape index (κ3) is 1.15. The van der Waals surface area contributed by atoms with Crippen molar-refractivity contribution in [2.45, 2.75) is 5.92 Å². The van der Waals surface area contributed by atoms with Crippen molar-refractivity contribution in [3.63, 3.8) is 0 Å². The van der Waals surface area contributed by atoms with Gasteiger partial charge in [-0.15, -0.1) is 17.6 Å². The molecule has 0 spiro atoms. The summed E-state index contributed by atoms with van der Waals surface area (Å²) in [6.07, 6.45) is 8.10. The Morgan fingerprint density at radius 2 is 1.56 bits per heavy atom. The Hall–Kier alpha value is -2.09. The maximum atomic E-state index is 2.38. The second kappa shape index (κ2) is 3.45. The Bertz CT molecular complexity index is 644. The average molecular weight is 231 g/mol. The highest BCUT2D eigenvalue weighted by Crippen LogP contribution is 2.30. The summed E-state index contributed by atoms with van der Waals surface area (Å²) in [7, 11) is 0. The Labute approximate surface area is 107 Å². The molecule has 0 saturated carbocycles. The van der Waals surface area contributed by atoms with Crippen LogP contribution in [0.25, 0.3) is 0 Å². The molecule has 3 aliphatic heterocycles. The first-order valence-electron chi connectivity index (χ1n) is 6.51. The minimum absolute atomic E-state index is 0.467. The maximum Gasteiger partial charge on any atom is 0.346 e. The molecule has 2 heteroatoms. The predicted molar refractivity (Wildman–Crippen MR) is 74.9 cm³/mol. The van der Waals surface area contributed by atoms with Crippen LogP contribution in [0.3, 0.4) is 0 Å². The summed E-state index contributed by atoms with van der Waals surface area (Å²) < 4.78 is 2.33. The number of allylic oxidation sites excluding steroid dienone is 2. The molecule has 1 nitrogen and oxygen atoms in total. The minimum atomic E-state index is -0.897. The quantitative estimate of drug-likeness (QED) is 0.660. The van der Waals surface area contributed by atoms with Crippen LogP contribution >= 0.6 is 0 Å². The van der Waals surface area contributed by atoms with E-state index in [-0.39, 0.29) is 0 Å². The standard InChI is InChI=1S/C16H14BN/c1-4-12-18(13-5-1)17-10-8-14(9-11-17)15-6-2-3-7-16(15)17/h1-14H. The van der Waals surface area contributed by atoms with Gasteiger partial charge in [-0.05, 0) is 12.1 Å². The van der Waals surface area contributed by atoms with Gasteiger partial charge < -0.3 is 4.48 Å². The Kier molecular flexibility index (Phi) is 1.90. The van der Waals surface area contributed by atoms with Gasteiger partial charge in [0.05, 0.1) is 0 Å². The van der Waals surface area contributed by atoms with Gasteiger partial charge in [0.2, 0.25) is 0 Å². The van der Waals surface area contributed by atoms with Gasteiger partial charge in [-0.3, -0.25) is 0 Å². The Balaban J connectivity index is 2.03. The molecule has 5 rings (SSSR count). The largest absolute Gasteiger partial charge is 0.416 e. The van der Waals surface area contributed by atoms with Crippen molar-refractivity contribution in [1.29, 1.82) is 0 Å². The molecule has 0 aliphatic carbocycles. The molecule has 2 aromatic rings. The van der Waals surface area contributed by atoms with Gasteiger partial charge >= 0.3 is 6.28 Å². The third-order valence-electron chi connectivity index (χ3n) is 4.31. The van der Waals surface area contributed by atoms with Crippen molar-refractivity contribution in [3.05, 3.63) is 84.5 Å². The molecule has 3 aliphatic rings. The highest BCUT2D eigenvalue weighted by atomic mass is 14.9. The fraction of sp³-hybridized carbons (Fsp3) is 0.0625. The van der Waals surface area contributed by atoms with Crippen molar-refractivity contribution in [3.8, 4) is 0 Å². The van der Waals surface area contributed by atoms with E-state index in [1.165, 1.54) is 11.0 Å². The molecule has 0 radical (unpaired) electrons. The van der Waals surface area contributed by atoms with E-state index >= 15 is 0 Å². The third-order valence-corrected chi connectivity index (χ3v) is 4.31. The van der Waals surface area contributed by atoms with Crippen molar-refractivity contribution >= 4 is 11.7 Å². The first-order valence-corrected chi connectivity index (χ1v) is 6.51. The molecule has 0 atom stereocenters. The average Bonchev–Trinajstić information content (AvgIpc) is 2.50. The van der Waals surface area contributed by atoms with E-state index in [9.17, 15) is 0 Å². The molecule has 4 heterocycles. The Morgan fingerprint density at radius 3 is 2.33 bits per heavy atom. The topological polar surface area (TPSA) is 3.88 Å². The van der Waals surface area contributed by atoms with Gasteiger partial charge in [0.1, 0.15) is 12.4 Å². The minimum Gasteiger partial charge on any atom is -0.416 e. The van der Waals surface area contributed by atoms with Crippen molar-refractivity contribution in [2.24, 2.45) is 0 Å². The number of benzene rings is 1. The number of nitrogens with zero attached hydrogens (tertiary/aromatic N) is 1. The zero-order chi connectivity index (χ0) is 12.0. The first-order chi connectivity index (χ1) is 8.90. The summed E-state index contributed by atoms with van der Waals surface area (Å²) in [4.78, 5) is 0. The lowest BCUT2D eigenvalue weighted by molar-refractivity contribution is -0.540. The van der Waals surface area contributed by atoms with E-state index in [0.717, 1.165) is 0 Å². The first kappa shape index (κ1) is 9.90. The molecule has 0 unspecified atom stereocenters. The monoisotopic (exact) mass is 231 g/mol. The van der Waals surface area contributed by atoms with E-state index in [0.29, 0.717) is 5.92 Å². The molecule has 1 aromatic heterocycles. The van der Waals surface area contributed by atoms with Gasteiger partial charge in [0, 0.05) is 5.92 Å². The maximum absolute atomic E-state index is 2.38. The van der Waals surface area contributed by atoms with Gasteiger partial charge in [-0.1, -0.05) is 35.9 Å². The summed E-state index contributed by atoms with van der Waals surface area (Å²) in [5, 5.41) is 0. The van der Waals surface area contributed by atoms with Crippen LogP contribution in [0.1, 0.15) is 11.5 Å². The molecule has 0 fully saturated rings. The normalized spacial score (nSPS) is 27.2. The van der Waals surface area contributed by atoms with Crippen LogP contribution < -0.4 is 9.94 Å². The molecular weight excluding hydrogens is 217 g/mol. The predicted octanol–water partition coefficient (Wildman–Crippen LogP) is 1.98. The van der Waals surface area contributed by atoms with Crippen molar-refractivity contribution in [1.82, 2.24) is 0 Å². The van der Waals surface area contributed by atoms with E-state index in [1.54, 1.807) is 0 Å². The van der Waals surface area contributed by atoms with E-state index in [4.69, 9.17) is 0 Å². The molecule has 0 N–H and O–H groups in total. The van der Waals surface area contributed by atoms with E-state index in [2.05, 4.69) is 83.4 Å². The lowest BCUT2D eigenvalue weighted by Crippen LogP contribution is -2.72. The van der Waals surface area contributed by atoms with Gasteiger partial charge in [0.15, 0.2) is 0 Å². The van der Waals surface area contributed by atoms with E-state index in [1.807, 2.05) is 0 Å². The van der Waals surface area contributed by atoms with Gasteiger partial charge in [0.25, 0.3) is 0 Å². The van der Waals surface area contributed by atoms with Crippen LogP contribution in [0.15, 0.2) is 79.0 Å². The highest BCUT2D eigenvalue weighted by molar-refractivity contribution is 6.94. The molecule has 86 valence electrons. The second-order valence-corrected chi connectivity index (χ2v) is 5.20. The molecule has 1 aromatic carbocycles. The second-order valence-electron chi connectivity index (χ2n) is 5.20. The summed E-state index contributed by atoms with van der Waals surface area (Å²) in [6, 6.07) is 15.1. The Morgan fingerprint density at radius 1 is 0.833 bits per heavy atom. The summed E-state index contributed by atoms with van der Waals surface area (Å²) >= 11 is 0. The lowest BCUT2D eigenvalue weighted by Gasteiger charge is -2.40. The van der Waals surface area contributed by atoms with Crippen LogP contribution in [0.5, 0.6) is 0 Å². The number of pyridine rings is 1. The van der Waals surface area contributed by atoms with E-state index < -0.39 is 6.28 Å². The smallest absolute Gasteiger partial charge is 0.346 e. The highest BCUT2D eigenvalue weighted by Gasteiger charge is 2.40. The number of rotatable bonds is 1. The SMILES string of the molecule is C1=C[B-]2([n+]3ccccc3)C=CC1c1ccccc12. The summed E-state index contributed by atoms with van der Waals surface area (Å²) in [5.41, 5.74) is 2.92. The summed E-state index contributed by atoms with van der Waals surface area (Å²) in [6.45, 7) is 0. The zero-order valence-electron chi connectivity index (χ0n) is 10.1. The number of aromatic nitrogens is 1. The molecular formula is C16H14BN. The van der Waals surface area contributed by atoms with Crippen LogP contribution in [0, 0.1) is 0 Å². The van der Waals surface area contributed by atoms with Crippen molar-refractivity contribution in [2.75, 3.05) is 0 Å². The molecule has 0 amide bonds. The molecule has 2 bridgehead atoms. The molecule has 18 heavy (non-hydrogen) atoms. The van der Waals surface area contributed by atoms with Crippen LogP contribution in [-0.2, 0) is 0 Å². The zero-order valence-corrected chi connectivity index (χ0v) is 10.1. The number of hydrogen-bond donors (Lipinski definition) is 0. The van der Waals surface area contributed by atoms with Crippen LogP contribution in [-0.4, -0.2) is 6.28 Å². The van der Waals surface area contributed by atoms with Gasteiger partial charge in [-0.25, -0.2) is 0 Å². The summed E-state index contributed by atoms with van der Waals surface area (Å²) in [5.74, 6) is 5.23. The number of hydrogen-bond acceptors (Lipinski definition) is 0. The van der Waals surface area contributed by atoms with Gasteiger partial charge in [-0.2, -0.15) is 12.0 Å². The van der Waals surface area contributed by atoms with Crippen LogP contribution in [0.2, 0.25) is 0 Å². The fourth-order valence-corrected chi connectivity index (χ4v) is 3.41.